The first-order valence-corrected chi connectivity index (χ1v) is 14.6. The quantitative estimate of drug-likeness (QED) is 0.387. The smallest absolute Gasteiger partial charge is 0.0102 e. The molecule has 0 N–H and O–H groups in total. The molecule has 5 rings (SSSR count). The van der Waals surface area contributed by atoms with Crippen LogP contribution in [0, 0.1) is 0 Å². The molecule has 0 saturated carbocycles. The highest BCUT2D eigenvalue weighted by Gasteiger charge is 2.32. The zero-order chi connectivity index (χ0) is 20.3. The first-order chi connectivity index (χ1) is 14.8. The molecule has 1 aliphatic rings. The molecule has 2 heteroatoms. The van der Waals surface area contributed by atoms with Gasteiger partial charge in [0, 0.05) is 0 Å². The van der Waals surface area contributed by atoms with Crippen LogP contribution in [0.1, 0.15) is 6.42 Å². The van der Waals surface area contributed by atoms with Crippen molar-refractivity contribution in [1.29, 1.82) is 0 Å². The Balaban J connectivity index is 2.01. The summed E-state index contributed by atoms with van der Waals surface area (Å²) in [6.07, 6.45) is 3.66. The number of hydrogen-bond donors (Lipinski definition) is 0. The fourth-order valence-corrected chi connectivity index (χ4v) is 15.6. The maximum absolute atomic E-state index is 4.47. The molecule has 0 radical (unpaired) electrons. The summed E-state index contributed by atoms with van der Waals surface area (Å²) >= 11 is 0. The Hall–Kier alpha value is -2.48. The van der Waals surface area contributed by atoms with Crippen molar-refractivity contribution in [3.63, 3.8) is 0 Å². The highest BCUT2D eigenvalue weighted by atomic mass is 31.2. The molecule has 0 fully saturated rings. The number of benzene rings is 4. The Labute approximate surface area is 180 Å². The third-order valence-electron chi connectivity index (χ3n) is 6.12. The second kappa shape index (κ2) is 8.34. The molecule has 4 aromatic rings. The fourth-order valence-electron chi connectivity index (χ4n) is 4.71. The molecular formula is C28H26P2. The Morgan fingerprint density at radius 2 is 0.667 bits per heavy atom. The Kier molecular flexibility index (Phi) is 5.41. The Bertz CT molecular complexity index is 1050. The third kappa shape index (κ3) is 3.37. The van der Waals surface area contributed by atoms with E-state index in [0.717, 1.165) is 0 Å². The van der Waals surface area contributed by atoms with Gasteiger partial charge in [-0.1, -0.05) is 121 Å². The summed E-state index contributed by atoms with van der Waals surface area (Å²) in [7, 11) is 0. The van der Waals surface area contributed by atoms with Crippen LogP contribution in [0.4, 0.5) is 0 Å². The predicted octanol–water partition coefficient (Wildman–Crippen LogP) is 5.36. The van der Waals surface area contributed by atoms with Crippen LogP contribution in [0.5, 0.6) is 0 Å². The molecular weight excluding hydrogens is 398 g/mol. The lowest BCUT2D eigenvalue weighted by Gasteiger charge is -2.35. The van der Waals surface area contributed by atoms with Gasteiger partial charge in [0.25, 0.3) is 0 Å². The van der Waals surface area contributed by atoms with Crippen LogP contribution < -0.4 is 21.2 Å². The van der Waals surface area contributed by atoms with Gasteiger partial charge >= 0.3 is 0 Å². The summed E-state index contributed by atoms with van der Waals surface area (Å²) < 4.78 is 0. The predicted molar refractivity (Wildman–Crippen MR) is 138 cm³/mol. The van der Waals surface area contributed by atoms with E-state index in [-0.39, 0.29) is 0 Å². The molecule has 0 aromatic heterocycles. The molecule has 0 spiro atoms. The molecule has 1 aliphatic heterocycles. The van der Waals surface area contributed by atoms with Crippen LogP contribution in [-0.4, -0.2) is 17.5 Å². The van der Waals surface area contributed by atoms with Gasteiger partial charge in [-0.25, -0.2) is 0 Å². The van der Waals surface area contributed by atoms with Gasteiger partial charge in [0.15, 0.2) is 0 Å². The van der Waals surface area contributed by atoms with Gasteiger partial charge in [0.1, 0.15) is 0 Å². The minimum atomic E-state index is -1.75. The van der Waals surface area contributed by atoms with Crippen molar-refractivity contribution >= 4 is 40.2 Å². The van der Waals surface area contributed by atoms with Crippen LogP contribution in [0.25, 0.3) is 0 Å². The van der Waals surface area contributed by atoms with Crippen LogP contribution in [0.3, 0.4) is 0 Å². The largest absolute Gasteiger partial charge is 0.114 e. The van der Waals surface area contributed by atoms with Crippen molar-refractivity contribution < 1.29 is 0 Å². The summed E-state index contributed by atoms with van der Waals surface area (Å²) in [6.45, 7) is -3.50. The van der Waals surface area contributed by atoms with Gasteiger partial charge in [-0.05, 0) is 53.7 Å². The van der Waals surface area contributed by atoms with Crippen molar-refractivity contribution in [2.24, 2.45) is 0 Å². The fraction of sp³-hybridized carbons (Fsp3) is 0.107. The van der Waals surface area contributed by atoms with E-state index in [9.17, 15) is 0 Å². The third-order valence-corrected chi connectivity index (χ3v) is 15.5. The van der Waals surface area contributed by atoms with E-state index in [0.29, 0.717) is 0 Å². The monoisotopic (exact) mass is 424 g/mol. The molecule has 148 valence electrons. The Morgan fingerprint density at radius 3 is 0.933 bits per heavy atom. The molecule has 1 heterocycles. The van der Waals surface area contributed by atoms with Crippen molar-refractivity contribution in [3.8, 4) is 0 Å². The zero-order valence-electron chi connectivity index (χ0n) is 17.1. The van der Waals surface area contributed by atoms with Crippen molar-refractivity contribution in [2.45, 2.75) is 6.42 Å². The first-order valence-electron chi connectivity index (χ1n) is 10.6. The van der Waals surface area contributed by atoms with Crippen LogP contribution in [0.2, 0.25) is 0 Å². The molecule has 0 bridgehead atoms. The lowest BCUT2D eigenvalue weighted by atomic mass is 10.4. The van der Waals surface area contributed by atoms with Crippen LogP contribution >= 0.6 is 13.8 Å². The van der Waals surface area contributed by atoms with Crippen molar-refractivity contribution in [1.82, 2.24) is 0 Å². The molecule has 0 unspecified atom stereocenters. The lowest BCUT2D eigenvalue weighted by Crippen LogP contribution is -2.27. The molecule has 0 amide bonds. The molecule has 0 nitrogen and oxygen atoms in total. The maximum atomic E-state index is 4.47. The van der Waals surface area contributed by atoms with E-state index in [1.807, 2.05) is 0 Å². The molecule has 30 heavy (non-hydrogen) atoms. The highest BCUT2D eigenvalue weighted by Crippen LogP contribution is 2.56. The number of hydrogen-bond acceptors (Lipinski definition) is 0. The SMILES string of the molecule is C1=P(c2ccccc2)(c2ccccc2)CCCP=1(c1ccccc1)c1ccccc1. The molecule has 0 saturated heterocycles. The molecule has 4 aromatic carbocycles. The van der Waals surface area contributed by atoms with Gasteiger partial charge in [-0.3, -0.25) is 0 Å². The van der Waals surface area contributed by atoms with Crippen LogP contribution in [-0.2, 0) is 0 Å². The van der Waals surface area contributed by atoms with Gasteiger partial charge in [-0.2, -0.15) is 0 Å². The van der Waals surface area contributed by atoms with Gasteiger partial charge in [0.05, 0.1) is 0 Å². The molecule has 0 aliphatic carbocycles. The van der Waals surface area contributed by atoms with E-state index in [2.05, 4.69) is 126 Å². The van der Waals surface area contributed by atoms with E-state index in [1.165, 1.54) is 40.0 Å². The summed E-state index contributed by atoms with van der Waals surface area (Å²) in [5.41, 5.74) is 0. The second-order valence-corrected chi connectivity index (χ2v) is 14.9. The minimum Gasteiger partial charge on any atom is -0.114 e. The van der Waals surface area contributed by atoms with Crippen molar-refractivity contribution in [2.75, 3.05) is 12.3 Å². The molecule has 0 atom stereocenters. The van der Waals surface area contributed by atoms with Crippen molar-refractivity contribution in [3.05, 3.63) is 121 Å². The highest BCUT2D eigenvalue weighted by molar-refractivity contribution is 8.01. The lowest BCUT2D eigenvalue weighted by molar-refractivity contribution is 1.11. The summed E-state index contributed by atoms with van der Waals surface area (Å²) in [5, 5.41) is 10.3. The summed E-state index contributed by atoms with van der Waals surface area (Å²) in [6, 6.07) is 44.8. The van der Waals surface area contributed by atoms with E-state index >= 15 is 0 Å². The van der Waals surface area contributed by atoms with E-state index in [4.69, 9.17) is 0 Å². The number of rotatable bonds is 4. The topological polar surface area (TPSA) is 0 Å². The van der Waals surface area contributed by atoms with Gasteiger partial charge in [0.2, 0.25) is 0 Å². The standard InChI is InChI=1S/C28H26P2/c1-5-14-25(15-6-1)29(26-16-7-2-8-17-26)22-13-23-30(24-29,27-18-9-3-10-19-27)28-20-11-4-12-21-28/h1-12,14-21H,13,22-23H2. The Morgan fingerprint density at radius 1 is 0.400 bits per heavy atom. The first kappa shape index (κ1) is 19.5. The summed E-state index contributed by atoms with van der Waals surface area (Å²) in [4.78, 5) is 0. The average molecular weight is 424 g/mol. The van der Waals surface area contributed by atoms with E-state index in [1.54, 1.807) is 0 Å². The minimum absolute atomic E-state index is 1.21. The zero-order valence-corrected chi connectivity index (χ0v) is 18.9. The maximum Gasteiger partial charge on any atom is -0.0102 e. The van der Waals surface area contributed by atoms with Gasteiger partial charge < -0.3 is 0 Å². The average Bonchev–Trinajstić information content (AvgIpc) is 2.86. The van der Waals surface area contributed by atoms with Gasteiger partial charge in [-0.15, -0.1) is 5.17 Å². The normalized spacial score (nSPS) is 16.8. The van der Waals surface area contributed by atoms with E-state index < -0.39 is 13.8 Å². The second-order valence-electron chi connectivity index (χ2n) is 7.86. The van der Waals surface area contributed by atoms with Crippen LogP contribution in [0.15, 0.2) is 121 Å². The summed E-state index contributed by atoms with van der Waals surface area (Å²) in [5.74, 6) is 0.